The van der Waals surface area contributed by atoms with Gasteiger partial charge in [0.05, 0.1) is 6.04 Å². The Morgan fingerprint density at radius 3 is 2.60 bits per heavy atom. The average molecular weight is 343 g/mol. The topological polar surface area (TPSA) is 63.2 Å². The lowest BCUT2D eigenvalue weighted by Gasteiger charge is -2.57. The average Bonchev–Trinajstić information content (AvgIpc) is 2.79. The van der Waals surface area contributed by atoms with Gasteiger partial charge in [-0.2, -0.15) is 0 Å². The Kier molecular flexibility index (Phi) is 3.75. The minimum Gasteiger partial charge on any atom is -0.346 e. The number of nitrogens with one attached hydrogen (secondary N) is 1. The SMILES string of the molecule is CC(=O)N[C@@H]1C(=O)C[C@H]2[C@@H]3CCC4=CC(=O)CC[C@]4(C)[C@@H]3CC[C@]12C. The summed E-state index contributed by atoms with van der Waals surface area (Å²) in [6.07, 6.45) is 8.33. The fourth-order valence-corrected chi connectivity index (χ4v) is 6.80. The first-order valence-corrected chi connectivity index (χ1v) is 9.79. The summed E-state index contributed by atoms with van der Waals surface area (Å²) in [7, 11) is 0. The van der Waals surface area contributed by atoms with Crippen LogP contribution in [0.1, 0.15) is 65.7 Å². The number of ketones is 2. The van der Waals surface area contributed by atoms with Gasteiger partial charge in [0.25, 0.3) is 0 Å². The molecule has 6 atom stereocenters. The quantitative estimate of drug-likeness (QED) is 0.795. The first-order valence-electron chi connectivity index (χ1n) is 9.79. The van der Waals surface area contributed by atoms with E-state index in [9.17, 15) is 14.4 Å². The van der Waals surface area contributed by atoms with Crippen molar-refractivity contribution in [3.05, 3.63) is 11.6 Å². The van der Waals surface area contributed by atoms with Crippen LogP contribution in [0.2, 0.25) is 0 Å². The molecule has 4 rings (SSSR count). The van der Waals surface area contributed by atoms with Crippen molar-refractivity contribution in [1.82, 2.24) is 5.32 Å². The molecule has 3 saturated carbocycles. The number of allylic oxidation sites excluding steroid dienone is 1. The third-order valence-corrected chi connectivity index (χ3v) is 8.15. The molecule has 4 aliphatic carbocycles. The zero-order valence-corrected chi connectivity index (χ0v) is 15.6. The minimum absolute atomic E-state index is 0.103. The van der Waals surface area contributed by atoms with E-state index in [1.807, 2.05) is 6.08 Å². The van der Waals surface area contributed by atoms with Crippen molar-refractivity contribution in [3.63, 3.8) is 0 Å². The van der Waals surface area contributed by atoms with E-state index in [4.69, 9.17) is 0 Å². The number of carbonyl (C=O) groups excluding carboxylic acids is 3. The van der Waals surface area contributed by atoms with Crippen LogP contribution in [-0.2, 0) is 14.4 Å². The lowest BCUT2D eigenvalue weighted by Crippen LogP contribution is -2.54. The number of hydrogen-bond acceptors (Lipinski definition) is 3. The van der Waals surface area contributed by atoms with Gasteiger partial charge in [-0.05, 0) is 66.8 Å². The van der Waals surface area contributed by atoms with Gasteiger partial charge in [-0.15, -0.1) is 0 Å². The third kappa shape index (κ3) is 2.36. The molecule has 4 aliphatic rings. The van der Waals surface area contributed by atoms with E-state index in [0.717, 1.165) is 32.1 Å². The molecule has 0 aromatic heterocycles. The van der Waals surface area contributed by atoms with Crippen LogP contribution in [0.4, 0.5) is 0 Å². The largest absolute Gasteiger partial charge is 0.346 e. The second kappa shape index (κ2) is 5.52. The molecule has 3 fully saturated rings. The van der Waals surface area contributed by atoms with E-state index >= 15 is 0 Å². The zero-order valence-electron chi connectivity index (χ0n) is 15.6. The summed E-state index contributed by atoms with van der Waals surface area (Å²) < 4.78 is 0. The highest BCUT2D eigenvalue weighted by Crippen LogP contribution is 2.64. The van der Waals surface area contributed by atoms with Gasteiger partial charge < -0.3 is 5.32 Å². The van der Waals surface area contributed by atoms with Crippen LogP contribution in [0.3, 0.4) is 0 Å². The van der Waals surface area contributed by atoms with Crippen LogP contribution in [0.5, 0.6) is 0 Å². The van der Waals surface area contributed by atoms with Crippen molar-refractivity contribution in [2.45, 2.75) is 71.8 Å². The van der Waals surface area contributed by atoms with Crippen molar-refractivity contribution < 1.29 is 14.4 Å². The molecule has 136 valence electrons. The molecule has 0 spiro atoms. The van der Waals surface area contributed by atoms with Crippen LogP contribution in [0.25, 0.3) is 0 Å². The summed E-state index contributed by atoms with van der Waals surface area (Å²) in [6, 6.07) is -0.311. The Morgan fingerprint density at radius 1 is 1.12 bits per heavy atom. The molecule has 0 bridgehead atoms. The lowest BCUT2D eigenvalue weighted by molar-refractivity contribution is -0.127. The van der Waals surface area contributed by atoms with E-state index in [0.29, 0.717) is 30.6 Å². The van der Waals surface area contributed by atoms with Gasteiger partial charge in [0, 0.05) is 19.8 Å². The van der Waals surface area contributed by atoms with Crippen LogP contribution in [-0.4, -0.2) is 23.5 Å². The predicted octanol–water partition coefficient (Wildman–Crippen LogP) is 3.20. The number of hydrogen-bond donors (Lipinski definition) is 1. The molecular formula is C21H29NO3. The standard InChI is InChI=1S/C21H29NO3/c1-12(23)22-19-18(25)11-17-15-5-4-13-10-14(24)6-8-20(13,2)16(15)7-9-21(17,19)3/h10,15-17,19H,4-9,11H2,1-3H3,(H,22,23)/t15-,16-,17+,19-,20+,21+/m1/s1. The Hall–Kier alpha value is -1.45. The summed E-state index contributed by atoms with van der Waals surface area (Å²) in [5.74, 6) is 1.88. The molecule has 1 N–H and O–H groups in total. The van der Waals surface area contributed by atoms with Crippen molar-refractivity contribution in [1.29, 1.82) is 0 Å². The molecule has 1 amide bonds. The van der Waals surface area contributed by atoms with Crippen LogP contribution in [0.15, 0.2) is 11.6 Å². The highest BCUT2D eigenvalue weighted by molar-refractivity contribution is 5.92. The number of rotatable bonds is 1. The summed E-state index contributed by atoms with van der Waals surface area (Å²) in [6.45, 7) is 6.08. The predicted molar refractivity (Wildman–Crippen MR) is 94.7 cm³/mol. The normalized spacial score (nSPS) is 46.0. The summed E-state index contributed by atoms with van der Waals surface area (Å²) in [5, 5.41) is 2.95. The molecule has 0 saturated heterocycles. The second-order valence-electron chi connectivity index (χ2n) is 9.32. The van der Waals surface area contributed by atoms with Crippen LogP contribution in [0, 0.1) is 28.6 Å². The second-order valence-corrected chi connectivity index (χ2v) is 9.32. The summed E-state index contributed by atoms with van der Waals surface area (Å²) >= 11 is 0. The number of fused-ring (bicyclic) bond motifs is 5. The Bertz CT molecular complexity index is 681. The smallest absolute Gasteiger partial charge is 0.217 e. The van der Waals surface area contributed by atoms with Gasteiger partial charge in [0.1, 0.15) is 0 Å². The highest BCUT2D eigenvalue weighted by Gasteiger charge is 2.61. The van der Waals surface area contributed by atoms with Gasteiger partial charge in [-0.25, -0.2) is 0 Å². The van der Waals surface area contributed by atoms with Gasteiger partial charge in [0.15, 0.2) is 11.6 Å². The first kappa shape index (κ1) is 17.0. The van der Waals surface area contributed by atoms with Gasteiger partial charge in [0.2, 0.25) is 5.91 Å². The number of Topliss-reactive ketones (excluding diaryl/α,β-unsaturated/α-hetero) is 1. The molecule has 0 heterocycles. The molecule has 4 nitrogen and oxygen atoms in total. The van der Waals surface area contributed by atoms with Gasteiger partial charge >= 0.3 is 0 Å². The molecule has 0 unspecified atom stereocenters. The summed E-state index contributed by atoms with van der Waals surface area (Å²) in [4.78, 5) is 36.2. The Balaban J connectivity index is 1.66. The molecule has 4 heteroatoms. The Labute approximate surface area is 149 Å². The van der Waals surface area contributed by atoms with E-state index in [2.05, 4.69) is 19.2 Å². The first-order chi connectivity index (χ1) is 11.8. The maximum atomic E-state index is 12.7. The number of amides is 1. The van der Waals surface area contributed by atoms with E-state index in [1.165, 1.54) is 12.5 Å². The van der Waals surface area contributed by atoms with Crippen molar-refractivity contribution in [2.24, 2.45) is 28.6 Å². The van der Waals surface area contributed by atoms with Crippen molar-refractivity contribution in [2.75, 3.05) is 0 Å². The van der Waals surface area contributed by atoms with Crippen molar-refractivity contribution in [3.8, 4) is 0 Å². The maximum Gasteiger partial charge on any atom is 0.217 e. The van der Waals surface area contributed by atoms with Gasteiger partial charge in [-0.3, -0.25) is 14.4 Å². The molecule has 25 heavy (non-hydrogen) atoms. The molecule has 0 aromatic rings. The monoisotopic (exact) mass is 343 g/mol. The Morgan fingerprint density at radius 2 is 1.88 bits per heavy atom. The van der Waals surface area contributed by atoms with Crippen LogP contribution >= 0.6 is 0 Å². The maximum absolute atomic E-state index is 12.7. The summed E-state index contributed by atoms with van der Waals surface area (Å²) in [5.41, 5.74) is 1.38. The van der Waals surface area contributed by atoms with E-state index < -0.39 is 0 Å². The zero-order chi connectivity index (χ0) is 18.0. The van der Waals surface area contributed by atoms with Crippen LogP contribution < -0.4 is 5.32 Å². The van der Waals surface area contributed by atoms with E-state index in [1.54, 1.807) is 0 Å². The highest BCUT2D eigenvalue weighted by atomic mass is 16.2. The molecular weight excluding hydrogens is 314 g/mol. The minimum atomic E-state index is -0.311. The van der Waals surface area contributed by atoms with E-state index in [-0.39, 0.29) is 34.3 Å². The third-order valence-electron chi connectivity index (χ3n) is 8.15. The van der Waals surface area contributed by atoms with Gasteiger partial charge in [-0.1, -0.05) is 19.4 Å². The lowest BCUT2D eigenvalue weighted by atomic mass is 9.47. The number of carbonyl (C=O) groups is 3. The molecule has 0 radical (unpaired) electrons. The van der Waals surface area contributed by atoms with Crippen molar-refractivity contribution >= 4 is 17.5 Å². The molecule has 0 aliphatic heterocycles. The fourth-order valence-electron chi connectivity index (χ4n) is 6.80. The fraction of sp³-hybridized carbons (Fsp3) is 0.762. The molecule has 0 aromatic carbocycles.